The van der Waals surface area contributed by atoms with Gasteiger partial charge in [0.25, 0.3) is 5.91 Å². The van der Waals surface area contributed by atoms with Crippen LogP contribution in [0.3, 0.4) is 0 Å². The lowest BCUT2D eigenvalue weighted by atomic mass is 10.1. The van der Waals surface area contributed by atoms with Crippen molar-refractivity contribution >= 4 is 33.7 Å². The summed E-state index contributed by atoms with van der Waals surface area (Å²) in [5.41, 5.74) is 5.60. The molecule has 1 aromatic rings. The number of carbonyl (C=O) groups is 3. The summed E-state index contributed by atoms with van der Waals surface area (Å²) in [5.74, 6) is -1.59. The zero-order chi connectivity index (χ0) is 15.1. The third kappa shape index (κ3) is 5.00. The molecule has 0 fully saturated rings. The quantitative estimate of drug-likeness (QED) is 0.753. The van der Waals surface area contributed by atoms with Crippen molar-refractivity contribution < 1.29 is 19.1 Å². The van der Waals surface area contributed by atoms with Gasteiger partial charge in [-0.25, -0.2) is 0 Å². The predicted molar refractivity (Wildman–Crippen MR) is 75.8 cm³/mol. The highest BCUT2D eigenvalue weighted by molar-refractivity contribution is 9.10. The predicted octanol–water partition coefficient (Wildman–Crippen LogP) is 0.986. The van der Waals surface area contributed by atoms with Crippen molar-refractivity contribution in [3.05, 3.63) is 34.3 Å². The van der Waals surface area contributed by atoms with Gasteiger partial charge < -0.3 is 15.8 Å². The summed E-state index contributed by atoms with van der Waals surface area (Å²) in [6.45, 7) is 0. The lowest BCUT2D eigenvalue weighted by Crippen LogP contribution is -2.44. The first-order valence-corrected chi connectivity index (χ1v) is 6.66. The van der Waals surface area contributed by atoms with E-state index in [4.69, 9.17) is 5.73 Å². The van der Waals surface area contributed by atoms with E-state index < -0.39 is 23.8 Å². The van der Waals surface area contributed by atoms with Crippen LogP contribution in [0.15, 0.2) is 28.7 Å². The number of esters is 1. The van der Waals surface area contributed by atoms with Crippen molar-refractivity contribution in [2.45, 2.75) is 18.9 Å². The number of nitrogens with two attached hydrogens (primary N) is 1. The summed E-state index contributed by atoms with van der Waals surface area (Å²) in [6, 6.07) is 5.79. The molecule has 1 atom stereocenters. The number of ether oxygens (including phenoxy) is 1. The van der Waals surface area contributed by atoms with Gasteiger partial charge in [-0.3, -0.25) is 14.4 Å². The number of rotatable bonds is 6. The molecule has 1 aromatic carbocycles. The Morgan fingerprint density at radius 1 is 1.40 bits per heavy atom. The smallest absolute Gasteiger partial charge is 0.305 e. The molecule has 6 nitrogen and oxygen atoms in total. The molecule has 0 aliphatic heterocycles. The van der Waals surface area contributed by atoms with E-state index in [0.29, 0.717) is 5.56 Å². The number of halogens is 1. The molecular formula is C13H15BrN2O4. The van der Waals surface area contributed by atoms with Crippen LogP contribution in [0.1, 0.15) is 23.2 Å². The van der Waals surface area contributed by atoms with Gasteiger partial charge in [0.15, 0.2) is 0 Å². The third-order valence-electron chi connectivity index (χ3n) is 2.60. The number of methoxy groups -OCH3 is 1. The summed E-state index contributed by atoms with van der Waals surface area (Å²) in [4.78, 5) is 34.3. The summed E-state index contributed by atoms with van der Waals surface area (Å²) in [7, 11) is 1.25. The Morgan fingerprint density at radius 3 is 2.65 bits per heavy atom. The standard InChI is InChI=1S/C13H15BrN2O4/c1-20-11(17)6-5-10(12(15)18)16-13(19)8-3-2-4-9(14)7-8/h2-4,7,10H,5-6H2,1H3,(H2,15,18)(H,16,19)/t10-/m0/s1. The Morgan fingerprint density at radius 2 is 2.10 bits per heavy atom. The Kier molecular flexibility index (Phi) is 6.17. The van der Waals surface area contributed by atoms with Crippen LogP contribution in [0.4, 0.5) is 0 Å². The molecule has 2 amide bonds. The molecule has 0 aromatic heterocycles. The highest BCUT2D eigenvalue weighted by Crippen LogP contribution is 2.12. The first-order chi connectivity index (χ1) is 9.43. The van der Waals surface area contributed by atoms with Crippen LogP contribution >= 0.6 is 15.9 Å². The fraction of sp³-hybridized carbons (Fsp3) is 0.308. The van der Waals surface area contributed by atoms with Gasteiger partial charge in [-0.2, -0.15) is 0 Å². The van der Waals surface area contributed by atoms with Gasteiger partial charge in [0.1, 0.15) is 6.04 Å². The molecule has 1 rings (SSSR count). The normalized spacial score (nSPS) is 11.5. The van der Waals surface area contributed by atoms with Crippen LogP contribution in [0.5, 0.6) is 0 Å². The van der Waals surface area contributed by atoms with E-state index in [-0.39, 0.29) is 12.8 Å². The topological polar surface area (TPSA) is 98.5 Å². The summed E-state index contributed by atoms with van der Waals surface area (Å²) >= 11 is 3.25. The van der Waals surface area contributed by atoms with E-state index in [9.17, 15) is 14.4 Å². The second-order valence-corrected chi connectivity index (χ2v) is 4.97. The van der Waals surface area contributed by atoms with Gasteiger partial charge in [-0.15, -0.1) is 0 Å². The zero-order valence-electron chi connectivity index (χ0n) is 10.9. The molecule has 0 unspecified atom stereocenters. The highest BCUT2D eigenvalue weighted by Gasteiger charge is 2.20. The molecule has 0 saturated heterocycles. The van der Waals surface area contributed by atoms with E-state index in [1.807, 2.05) is 0 Å². The number of hydrogen-bond donors (Lipinski definition) is 2. The van der Waals surface area contributed by atoms with Crippen LogP contribution in [0.2, 0.25) is 0 Å². The van der Waals surface area contributed by atoms with Crippen molar-refractivity contribution in [2.24, 2.45) is 5.73 Å². The lowest BCUT2D eigenvalue weighted by molar-refractivity contribution is -0.140. The van der Waals surface area contributed by atoms with Gasteiger partial charge in [-0.05, 0) is 24.6 Å². The summed E-state index contributed by atoms with van der Waals surface area (Å²) < 4.78 is 5.22. The van der Waals surface area contributed by atoms with Crippen LogP contribution < -0.4 is 11.1 Å². The summed E-state index contributed by atoms with van der Waals surface area (Å²) in [6.07, 6.45) is 0.102. The van der Waals surface area contributed by atoms with Gasteiger partial charge in [0, 0.05) is 16.5 Å². The maximum atomic E-state index is 12.0. The average Bonchev–Trinajstić information content (AvgIpc) is 2.42. The van der Waals surface area contributed by atoms with Crippen LogP contribution in [-0.2, 0) is 14.3 Å². The fourth-order valence-electron chi connectivity index (χ4n) is 1.52. The second-order valence-electron chi connectivity index (χ2n) is 4.05. The molecule has 108 valence electrons. The SMILES string of the molecule is COC(=O)CC[C@H](NC(=O)c1cccc(Br)c1)C(N)=O. The first kappa shape index (κ1) is 16.2. The number of nitrogens with one attached hydrogen (secondary N) is 1. The lowest BCUT2D eigenvalue weighted by Gasteiger charge is -2.15. The van der Waals surface area contributed by atoms with Crippen molar-refractivity contribution in [2.75, 3.05) is 7.11 Å². The molecule has 0 heterocycles. The number of hydrogen-bond acceptors (Lipinski definition) is 4. The van der Waals surface area contributed by atoms with E-state index in [0.717, 1.165) is 4.47 Å². The molecule has 0 radical (unpaired) electrons. The van der Waals surface area contributed by atoms with E-state index >= 15 is 0 Å². The molecule has 0 aliphatic rings. The van der Waals surface area contributed by atoms with Crippen LogP contribution in [0.25, 0.3) is 0 Å². The third-order valence-corrected chi connectivity index (χ3v) is 3.09. The summed E-state index contributed by atoms with van der Waals surface area (Å²) in [5, 5.41) is 2.50. The van der Waals surface area contributed by atoms with E-state index in [1.165, 1.54) is 7.11 Å². The van der Waals surface area contributed by atoms with Gasteiger partial charge in [-0.1, -0.05) is 22.0 Å². The monoisotopic (exact) mass is 342 g/mol. The zero-order valence-corrected chi connectivity index (χ0v) is 12.5. The molecule has 20 heavy (non-hydrogen) atoms. The first-order valence-electron chi connectivity index (χ1n) is 5.86. The van der Waals surface area contributed by atoms with Crippen LogP contribution in [-0.4, -0.2) is 30.9 Å². The molecule has 0 saturated carbocycles. The number of amides is 2. The van der Waals surface area contributed by atoms with E-state index in [2.05, 4.69) is 26.0 Å². The van der Waals surface area contributed by atoms with Crippen molar-refractivity contribution in [1.82, 2.24) is 5.32 Å². The largest absolute Gasteiger partial charge is 0.469 e. The van der Waals surface area contributed by atoms with Gasteiger partial charge in [0.05, 0.1) is 7.11 Å². The van der Waals surface area contributed by atoms with E-state index in [1.54, 1.807) is 24.3 Å². The second kappa shape index (κ2) is 7.64. The van der Waals surface area contributed by atoms with Crippen molar-refractivity contribution in [3.8, 4) is 0 Å². The molecule has 0 aliphatic carbocycles. The van der Waals surface area contributed by atoms with Crippen molar-refractivity contribution in [3.63, 3.8) is 0 Å². The van der Waals surface area contributed by atoms with Gasteiger partial charge >= 0.3 is 5.97 Å². The Labute approximate surface area is 124 Å². The number of carbonyl (C=O) groups excluding carboxylic acids is 3. The highest BCUT2D eigenvalue weighted by atomic mass is 79.9. The molecule has 0 spiro atoms. The maximum Gasteiger partial charge on any atom is 0.305 e. The Balaban J connectivity index is 2.68. The van der Waals surface area contributed by atoms with Gasteiger partial charge in [0.2, 0.25) is 5.91 Å². The average molecular weight is 343 g/mol. The minimum absolute atomic E-state index is 0.00285. The minimum Gasteiger partial charge on any atom is -0.469 e. The molecular weight excluding hydrogens is 328 g/mol. The maximum absolute atomic E-state index is 12.0. The minimum atomic E-state index is -0.916. The number of primary amides is 1. The molecule has 3 N–H and O–H groups in total. The molecule has 7 heteroatoms. The number of benzene rings is 1. The van der Waals surface area contributed by atoms with Crippen molar-refractivity contribution in [1.29, 1.82) is 0 Å². The Hall–Kier alpha value is -1.89. The Bertz CT molecular complexity index is 519. The van der Waals surface area contributed by atoms with Crippen LogP contribution in [0, 0.1) is 0 Å². The molecule has 0 bridgehead atoms. The fourth-order valence-corrected chi connectivity index (χ4v) is 1.92.